The topological polar surface area (TPSA) is 40.5 Å². The molecule has 86 valence electrons. The molecule has 15 heavy (non-hydrogen) atoms. The molecule has 2 unspecified atom stereocenters. The van der Waals surface area contributed by atoms with E-state index in [1.165, 1.54) is 32.1 Å². The molecule has 1 N–H and O–H groups in total. The maximum atomic E-state index is 10.9. The molecule has 1 saturated carbocycles. The summed E-state index contributed by atoms with van der Waals surface area (Å²) < 4.78 is 0. The highest BCUT2D eigenvalue weighted by atomic mass is 16.4. The smallest absolute Gasteiger partial charge is 0.303 e. The number of hydrogen-bond donors (Lipinski definition) is 1. The van der Waals surface area contributed by atoms with Crippen molar-refractivity contribution in [3.8, 4) is 0 Å². The van der Waals surface area contributed by atoms with Crippen LogP contribution in [0.3, 0.4) is 0 Å². The third-order valence-corrected chi connectivity index (χ3v) is 4.25. The maximum absolute atomic E-state index is 10.9. The van der Waals surface area contributed by atoms with E-state index in [4.69, 9.17) is 5.11 Å². The standard InChI is InChI=1S/C12H21NO2/c1-13-7-6-11(13)10(8-12(14)15)9-4-2-3-5-9/h9-11H,2-8H2,1H3,(H,14,15). The molecule has 1 heterocycles. The Morgan fingerprint density at radius 3 is 2.47 bits per heavy atom. The Morgan fingerprint density at radius 2 is 2.07 bits per heavy atom. The van der Waals surface area contributed by atoms with Crippen LogP contribution < -0.4 is 0 Å². The van der Waals surface area contributed by atoms with E-state index in [2.05, 4.69) is 11.9 Å². The van der Waals surface area contributed by atoms with E-state index in [9.17, 15) is 4.79 Å². The molecule has 0 aromatic heterocycles. The molecule has 2 aliphatic rings. The first kappa shape index (κ1) is 10.9. The fraction of sp³-hybridized carbons (Fsp3) is 0.917. The molecule has 0 aromatic carbocycles. The molecule has 3 heteroatoms. The van der Waals surface area contributed by atoms with Crippen molar-refractivity contribution in [2.24, 2.45) is 11.8 Å². The van der Waals surface area contributed by atoms with Gasteiger partial charge in [0.05, 0.1) is 0 Å². The van der Waals surface area contributed by atoms with Gasteiger partial charge in [-0.05, 0) is 31.8 Å². The highest BCUT2D eigenvalue weighted by molar-refractivity contribution is 5.67. The summed E-state index contributed by atoms with van der Waals surface area (Å²) in [6.45, 7) is 1.15. The minimum atomic E-state index is -0.618. The molecular weight excluding hydrogens is 190 g/mol. The second kappa shape index (κ2) is 4.52. The van der Waals surface area contributed by atoms with Crippen molar-refractivity contribution in [3.63, 3.8) is 0 Å². The van der Waals surface area contributed by atoms with Gasteiger partial charge in [0.1, 0.15) is 0 Å². The summed E-state index contributed by atoms with van der Waals surface area (Å²) in [4.78, 5) is 13.2. The van der Waals surface area contributed by atoms with Gasteiger partial charge in [0.25, 0.3) is 0 Å². The fourth-order valence-corrected chi connectivity index (χ4v) is 3.28. The van der Waals surface area contributed by atoms with Gasteiger partial charge >= 0.3 is 5.97 Å². The van der Waals surface area contributed by atoms with Crippen LogP contribution in [0.2, 0.25) is 0 Å². The highest BCUT2D eigenvalue weighted by Crippen LogP contribution is 2.39. The number of aliphatic carboxylic acids is 1. The van der Waals surface area contributed by atoms with Gasteiger partial charge in [-0.15, -0.1) is 0 Å². The zero-order chi connectivity index (χ0) is 10.8. The first-order chi connectivity index (χ1) is 7.18. The number of likely N-dealkylation sites (tertiary alicyclic amines) is 1. The summed E-state index contributed by atoms with van der Waals surface area (Å²) in [5.41, 5.74) is 0. The SMILES string of the molecule is CN1CCC1C(CC(=O)O)C1CCCC1. The Labute approximate surface area is 91.5 Å². The lowest BCUT2D eigenvalue weighted by molar-refractivity contribution is -0.140. The molecule has 0 spiro atoms. The van der Waals surface area contributed by atoms with Crippen molar-refractivity contribution < 1.29 is 9.90 Å². The van der Waals surface area contributed by atoms with Gasteiger partial charge in [-0.3, -0.25) is 4.79 Å². The van der Waals surface area contributed by atoms with E-state index >= 15 is 0 Å². The van der Waals surface area contributed by atoms with Crippen LogP contribution in [0.15, 0.2) is 0 Å². The van der Waals surface area contributed by atoms with Crippen molar-refractivity contribution in [1.29, 1.82) is 0 Å². The van der Waals surface area contributed by atoms with Gasteiger partial charge in [0, 0.05) is 12.5 Å². The van der Waals surface area contributed by atoms with Crippen LogP contribution in [0.1, 0.15) is 38.5 Å². The Balaban J connectivity index is 1.98. The molecule has 0 bridgehead atoms. The first-order valence-electron chi connectivity index (χ1n) is 6.10. The van der Waals surface area contributed by atoms with E-state index in [1.807, 2.05) is 0 Å². The molecule has 2 atom stereocenters. The van der Waals surface area contributed by atoms with Crippen LogP contribution in [-0.4, -0.2) is 35.6 Å². The summed E-state index contributed by atoms with van der Waals surface area (Å²) in [5, 5.41) is 8.98. The zero-order valence-corrected chi connectivity index (χ0v) is 9.48. The summed E-state index contributed by atoms with van der Waals surface area (Å²) in [7, 11) is 2.12. The van der Waals surface area contributed by atoms with Gasteiger partial charge in [-0.2, -0.15) is 0 Å². The second-order valence-corrected chi connectivity index (χ2v) is 5.14. The Hall–Kier alpha value is -0.570. The molecular formula is C12H21NO2. The van der Waals surface area contributed by atoms with Crippen LogP contribution in [0, 0.1) is 11.8 Å². The number of carboxylic acid groups (broad SMARTS) is 1. The van der Waals surface area contributed by atoms with E-state index < -0.39 is 5.97 Å². The number of carbonyl (C=O) groups is 1. The second-order valence-electron chi connectivity index (χ2n) is 5.14. The Bertz CT molecular complexity index is 234. The average molecular weight is 211 g/mol. The third-order valence-electron chi connectivity index (χ3n) is 4.25. The summed E-state index contributed by atoms with van der Waals surface area (Å²) in [6.07, 6.45) is 6.68. The molecule has 0 amide bonds. The van der Waals surface area contributed by atoms with E-state index in [0.29, 0.717) is 24.3 Å². The van der Waals surface area contributed by atoms with E-state index in [-0.39, 0.29) is 0 Å². The number of rotatable bonds is 4. The molecule has 1 aliphatic heterocycles. The van der Waals surface area contributed by atoms with Gasteiger partial charge in [-0.1, -0.05) is 25.7 Å². The quantitative estimate of drug-likeness (QED) is 0.773. The fourth-order valence-electron chi connectivity index (χ4n) is 3.28. The van der Waals surface area contributed by atoms with Crippen LogP contribution in [0.4, 0.5) is 0 Å². The molecule has 2 fully saturated rings. The predicted octanol–water partition coefficient (Wildman–Crippen LogP) is 1.97. The van der Waals surface area contributed by atoms with Crippen LogP contribution in [0.25, 0.3) is 0 Å². The van der Waals surface area contributed by atoms with Crippen molar-refractivity contribution >= 4 is 5.97 Å². The highest BCUT2D eigenvalue weighted by Gasteiger charge is 2.38. The lowest BCUT2D eigenvalue weighted by Crippen LogP contribution is -2.51. The number of carboxylic acids is 1. The van der Waals surface area contributed by atoms with Gasteiger partial charge in [0.2, 0.25) is 0 Å². The summed E-state index contributed by atoms with van der Waals surface area (Å²) in [5.74, 6) is 0.463. The molecule has 0 aromatic rings. The lowest BCUT2D eigenvalue weighted by Gasteiger charge is -2.45. The van der Waals surface area contributed by atoms with Crippen molar-refractivity contribution in [3.05, 3.63) is 0 Å². The largest absolute Gasteiger partial charge is 0.481 e. The van der Waals surface area contributed by atoms with Crippen LogP contribution in [-0.2, 0) is 4.79 Å². The van der Waals surface area contributed by atoms with Gasteiger partial charge in [0.15, 0.2) is 0 Å². The van der Waals surface area contributed by atoms with Crippen LogP contribution in [0.5, 0.6) is 0 Å². The van der Waals surface area contributed by atoms with Crippen molar-refractivity contribution in [2.75, 3.05) is 13.6 Å². The summed E-state index contributed by atoms with van der Waals surface area (Å²) >= 11 is 0. The maximum Gasteiger partial charge on any atom is 0.303 e. The normalized spacial score (nSPS) is 30.1. The molecule has 3 nitrogen and oxygen atoms in total. The minimum absolute atomic E-state index is 0.375. The lowest BCUT2D eigenvalue weighted by atomic mass is 9.77. The monoisotopic (exact) mass is 211 g/mol. The molecule has 2 rings (SSSR count). The Morgan fingerprint density at radius 1 is 1.40 bits per heavy atom. The van der Waals surface area contributed by atoms with Crippen LogP contribution >= 0.6 is 0 Å². The minimum Gasteiger partial charge on any atom is -0.481 e. The van der Waals surface area contributed by atoms with Gasteiger partial charge in [-0.25, -0.2) is 0 Å². The average Bonchev–Trinajstić information content (AvgIpc) is 2.66. The number of hydrogen-bond acceptors (Lipinski definition) is 2. The zero-order valence-electron chi connectivity index (χ0n) is 9.48. The van der Waals surface area contributed by atoms with Crippen molar-refractivity contribution in [1.82, 2.24) is 4.90 Å². The summed E-state index contributed by atoms with van der Waals surface area (Å²) in [6, 6.07) is 0.546. The molecule has 0 radical (unpaired) electrons. The van der Waals surface area contributed by atoms with Crippen molar-refractivity contribution in [2.45, 2.75) is 44.6 Å². The molecule has 1 saturated heterocycles. The van der Waals surface area contributed by atoms with E-state index in [1.54, 1.807) is 0 Å². The number of nitrogens with zero attached hydrogens (tertiary/aromatic N) is 1. The van der Waals surface area contributed by atoms with E-state index in [0.717, 1.165) is 6.54 Å². The van der Waals surface area contributed by atoms with Gasteiger partial charge < -0.3 is 10.0 Å². The predicted molar refractivity (Wildman–Crippen MR) is 58.7 cm³/mol. The Kier molecular flexibility index (Phi) is 3.29. The molecule has 1 aliphatic carbocycles. The first-order valence-corrected chi connectivity index (χ1v) is 6.10. The third kappa shape index (κ3) is 2.33.